The van der Waals surface area contributed by atoms with Gasteiger partial charge in [-0.05, 0) is 35.4 Å². The maximum Gasteiger partial charge on any atom is 0.0377 e. The third kappa shape index (κ3) is 3.96. The highest BCUT2D eigenvalue weighted by Gasteiger charge is 2.30. The van der Waals surface area contributed by atoms with Crippen LogP contribution >= 0.6 is 0 Å². The van der Waals surface area contributed by atoms with Crippen molar-refractivity contribution in [3.63, 3.8) is 0 Å². The fourth-order valence-corrected chi connectivity index (χ4v) is 4.69. The standard InChI is InChI=1S/C23H30N2/c1-3-7-19(8-4-1)20-11-13-22(14-12-20)23(21-9-5-2-6-10-21)25-17-15-24-16-18-25/h1,3-4,7-8,11-14,21,23-24H,2,5-6,9-10,15-18H2/t23-/m1/s1. The Bertz CT molecular complexity index is 620. The summed E-state index contributed by atoms with van der Waals surface area (Å²) in [6.45, 7) is 4.62. The van der Waals surface area contributed by atoms with Crippen LogP contribution in [0.15, 0.2) is 54.6 Å². The van der Waals surface area contributed by atoms with Gasteiger partial charge in [0.2, 0.25) is 0 Å². The average Bonchev–Trinajstić information content (AvgIpc) is 2.71. The van der Waals surface area contributed by atoms with Crippen LogP contribution in [0.25, 0.3) is 11.1 Å². The van der Waals surface area contributed by atoms with Crippen LogP contribution in [-0.4, -0.2) is 31.1 Å². The number of rotatable bonds is 4. The van der Waals surface area contributed by atoms with Gasteiger partial charge in [0.25, 0.3) is 0 Å². The van der Waals surface area contributed by atoms with Gasteiger partial charge in [0, 0.05) is 32.2 Å². The molecule has 1 aliphatic heterocycles. The van der Waals surface area contributed by atoms with Crippen molar-refractivity contribution in [2.75, 3.05) is 26.2 Å². The van der Waals surface area contributed by atoms with Gasteiger partial charge < -0.3 is 5.32 Å². The molecule has 2 aliphatic rings. The smallest absolute Gasteiger partial charge is 0.0377 e. The largest absolute Gasteiger partial charge is 0.314 e. The van der Waals surface area contributed by atoms with Crippen molar-refractivity contribution in [2.24, 2.45) is 5.92 Å². The summed E-state index contributed by atoms with van der Waals surface area (Å²) in [5.41, 5.74) is 4.16. The first-order valence-corrected chi connectivity index (χ1v) is 10.0. The van der Waals surface area contributed by atoms with Gasteiger partial charge in [-0.3, -0.25) is 4.90 Å². The molecule has 1 atom stereocenters. The van der Waals surface area contributed by atoms with Gasteiger partial charge in [0.05, 0.1) is 0 Å². The Morgan fingerprint density at radius 1 is 0.760 bits per heavy atom. The van der Waals surface area contributed by atoms with Gasteiger partial charge in [-0.25, -0.2) is 0 Å². The van der Waals surface area contributed by atoms with Crippen LogP contribution in [0.3, 0.4) is 0 Å². The van der Waals surface area contributed by atoms with Crippen LogP contribution in [0.5, 0.6) is 0 Å². The second-order valence-electron chi connectivity index (χ2n) is 7.62. The highest BCUT2D eigenvalue weighted by Crippen LogP contribution is 2.39. The molecule has 132 valence electrons. The van der Waals surface area contributed by atoms with Crippen LogP contribution in [0.2, 0.25) is 0 Å². The maximum atomic E-state index is 3.51. The molecular weight excluding hydrogens is 304 g/mol. The third-order valence-electron chi connectivity index (χ3n) is 6.00. The Hall–Kier alpha value is -1.64. The molecule has 1 saturated heterocycles. The molecule has 0 radical (unpaired) electrons. The predicted octanol–water partition coefficient (Wildman–Crippen LogP) is 4.88. The summed E-state index contributed by atoms with van der Waals surface area (Å²) in [5, 5.41) is 3.51. The Balaban J connectivity index is 1.59. The van der Waals surface area contributed by atoms with Crippen LogP contribution < -0.4 is 5.32 Å². The maximum absolute atomic E-state index is 3.51. The Morgan fingerprint density at radius 3 is 2.08 bits per heavy atom. The van der Waals surface area contributed by atoms with E-state index in [0.717, 1.165) is 19.0 Å². The summed E-state index contributed by atoms with van der Waals surface area (Å²) in [7, 11) is 0. The SMILES string of the molecule is c1ccc(-c2ccc([C@@H](C3CCCCC3)N3CCNCC3)cc2)cc1. The van der Waals surface area contributed by atoms with E-state index in [1.54, 1.807) is 0 Å². The second-order valence-corrected chi connectivity index (χ2v) is 7.62. The van der Waals surface area contributed by atoms with Gasteiger partial charge in [-0.1, -0.05) is 73.9 Å². The lowest BCUT2D eigenvalue weighted by atomic mass is 9.80. The number of hydrogen-bond donors (Lipinski definition) is 1. The fourth-order valence-electron chi connectivity index (χ4n) is 4.69. The zero-order valence-electron chi connectivity index (χ0n) is 15.2. The molecule has 4 rings (SSSR count). The molecule has 2 aromatic carbocycles. The molecule has 0 spiro atoms. The quantitative estimate of drug-likeness (QED) is 0.857. The summed E-state index contributed by atoms with van der Waals surface area (Å²) in [4.78, 5) is 2.74. The minimum Gasteiger partial charge on any atom is -0.314 e. The molecule has 0 amide bonds. The molecule has 2 fully saturated rings. The lowest BCUT2D eigenvalue weighted by Gasteiger charge is -2.41. The monoisotopic (exact) mass is 334 g/mol. The van der Waals surface area contributed by atoms with Gasteiger partial charge in [-0.15, -0.1) is 0 Å². The van der Waals surface area contributed by atoms with E-state index in [1.807, 2.05) is 0 Å². The average molecular weight is 335 g/mol. The number of hydrogen-bond acceptors (Lipinski definition) is 2. The summed E-state index contributed by atoms with van der Waals surface area (Å²) in [5.74, 6) is 0.828. The van der Waals surface area contributed by atoms with Crippen molar-refractivity contribution in [2.45, 2.75) is 38.1 Å². The Kier molecular flexibility index (Phi) is 5.49. The fraction of sp³-hybridized carbons (Fsp3) is 0.478. The predicted molar refractivity (Wildman–Crippen MR) is 106 cm³/mol. The molecule has 1 aliphatic carbocycles. The van der Waals surface area contributed by atoms with Gasteiger partial charge >= 0.3 is 0 Å². The van der Waals surface area contributed by atoms with Crippen molar-refractivity contribution >= 4 is 0 Å². The van der Waals surface area contributed by atoms with Crippen molar-refractivity contribution in [3.05, 3.63) is 60.2 Å². The van der Waals surface area contributed by atoms with E-state index in [0.29, 0.717) is 6.04 Å². The van der Waals surface area contributed by atoms with Crippen LogP contribution in [0, 0.1) is 5.92 Å². The molecule has 1 heterocycles. The number of nitrogens with zero attached hydrogens (tertiary/aromatic N) is 1. The number of piperazine rings is 1. The first-order valence-electron chi connectivity index (χ1n) is 10.0. The summed E-state index contributed by atoms with van der Waals surface area (Å²) in [6.07, 6.45) is 7.05. The molecule has 1 saturated carbocycles. The van der Waals surface area contributed by atoms with Crippen molar-refractivity contribution in [1.29, 1.82) is 0 Å². The van der Waals surface area contributed by atoms with Crippen LogP contribution in [0.4, 0.5) is 0 Å². The molecule has 25 heavy (non-hydrogen) atoms. The minimum absolute atomic E-state index is 0.604. The molecule has 2 aromatic rings. The van der Waals surface area contributed by atoms with Crippen LogP contribution in [-0.2, 0) is 0 Å². The first-order chi connectivity index (χ1) is 12.4. The van der Waals surface area contributed by atoms with Crippen molar-refractivity contribution in [1.82, 2.24) is 10.2 Å². The van der Waals surface area contributed by atoms with E-state index >= 15 is 0 Å². The zero-order valence-corrected chi connectivity index (χ0v) is 15.2. The lowest BCUT2D eigenvalue weighted by molar-refractivity contribution is 0.103. The van der Waals surface area contributed by atoms with E-state index in [-0.39, 0.29) is 0 Å². The molecule has 0 unspecified atom stereocenters. The van der Waals surface area contributed by atoms with E-state index in [1.165, 1.54) is 61.9 Å². The third-order valence-corrected chi connectivity index (χ3v) is 6.00. The van der Waals surface area contributed by atoms with Gasteiger partial charge in [0.15, 0.2) is 0 Å². The summed E-state index contributed by atoms with van der Waals surface area (Å²) in [6, 6.07) is 20.8. The Morgan fingerprint density at radius 2 is 1.40 bits per heavy atom. The van der Waals surface area contributed by atoms with Crippen molar-refractivity contribution in [3.8, 4) is 11.1 Å². The van der Waals surface area contributed by atoms with E-state index in [2.05, 4.69) is 64.8 Å². The van der Waals surface area contributed by atoms with E-state index in [9.17, 15) is 0 Å². The van der Waals surface area contributed by atoms with Gasteiger partial charge in [0.1, 0.15) is 0 Å². The minimum atomic E-state index is 0.604. The van der Waals surface area contributed by atoms with E-state index < -0.39 is 0 Å². The van der Waals surface area contributed by atoms with Crippen LogP contribution in [0.1, 0.15) is 43.7 Å². The molecule has 0 bridgehead atoms. The molecule has 2 nitrogen and oxygen atoms in total. The highest BCUT2D eigenvalue weighted by molar-refractivity contribution is 5.63. The number of benzene rings is 2. The zero-order chi connectivity index (χ0) is 16.9. The normalized spacial score (nSPS) is 21.1. The first kappa shape index (κ1) is 16.8. The highest BCUT2D eigenvalue weighted by atomic mass is 15.2. The second kappa shape index (κ2) is 8.16. The molecule has 2 heteroatoms. The number of nitrogens with one attached hydrogen (secondary N) is 1. The summed E-state index contributed by atoms with van der Waals surface area (Å²) >= 11 is 0. The lowest BCUT2D eigenvalue weighted by Crippen LogP contribution is -2.47. The van der Waals surface area contributed by atoms with E-state index in [4.69, 9.17) is 0 Å². The molecular formula is C23H30N2. The van der Waals surface area contributed by atoms with Gasteiger partial charge in [-0.2, -0.15) is 0 Å². The summed E-state index contributed by atoms with van der Waals surface area (Å²) < 4.78 is 0. The Labute approximate surface area is 152 Å². The topological polar surface area (TPSA) is 15.3 Å². The molecule has 1 N–H and O–H groups in total. The molecule has 0 aromatic heterocycles. The van der Waals surface area contributed by atoms with Crippen molar-refractivity contribution < 1.29 is 0 Å².